The average Bonchev–Trinajstić information content (AvgIpc) is 2.84. The van der Waals surface area contributed by atoms with E-state index in [1.54, 1.807) is 6.07 Å². The fourth-order valence-corrected chi connectivity index (χ4v) is 2.45. The summed E-state index contributed by atoms with van der Waals surface area (Å²) in [6, 6.07) is 10.7. The maximum absolute atomic E-state index is 13.5. The van der Waals surface area contributed by atoms with Gasteiger partial charge in [-0.3, -0.25) is 0 Å². The number of benzene rings is 2. The zero-order chi connectivity index (χ0) is 13.4. The molecular weight excluding hydrogens is 309 g/mol. The van der Waals surface area contributed by atoms with E-state index < -0.39 is 0 Å². The van der Waals surface area contributed by atoms with Crippen molar-refractivity contribution in [2.45, 2.75) is 6.54 Å². The quantitative estimate of drug-likeness (QED) is 0.758. The number of halogens is 2. The van der Waals surface area contributed by atoms with Crippen molar-refractivity contribution in [1.82, 2.24) is 9.97 Å². The number of nitrogens with zero attached hydrogens (tertiary/aromatic N) is 1. The number of rotatable bonds is 2. The van der Waals surface area contributed by atoms with Crippen molar-refractivity contribution >= 4 is 27.0 Å². The highest BCUT2D eigenvalue weighted by Gasteiger charge is 2.11. The molecule has 0 saturated carbocycles. The number of H-pyrrole nitrogens is 1. The Morgan fingerprint density at radius 2 is 2.11 bits per heavy atom. The maximum atomic E-state index is 13.5. The van der Waals surface area contributed by atoms with Crippen molar-refractivity contribution in [2.24, 2.45) is 5.73 Å². The van der Waals surface area contributed by atoms with Crippen molar-refractivity contribution < 1.29 is 4.39 Å². The summed E-state index contributed by atoms with van der Waals surface area (Å²) in [5.41, 5.74) is 9.07. The Morgan fingerprint density at radius 1 is 1.26 bits per heavy atom. The lowest BCUT2D eigenvalue weighted by Crippen LogP contribution is -1.95. The van der Waals surface area contributed by atoms with Crippen LogP contribution < -0.4 is 5.73 Å². The lowest BCUT2D eigenvalue weighted by atomic mass is 10.2. The molecule has 0 aliphatic heterocycles. The van der Waals surface area contributed by atoms with Crippen molar-refractivity contribution in [3.63, 3.8) is 0 Å². The standard InChI is InChI=1S/C14H11BrFN3/c15-13-9(2-1-3-10(13)16)14-18-11-5-4-8(7-17)6-12(11)19-14/h1-6H,7,17H2,(H,18,19). The Labute approximate surface area is 117 Å². The fraction of sp³-hybridized carbons (Fsp3) is 0.0714. The minimum Gasteiger partial charge on any atom is -0.338 e. The van der Waals surface area contributed by atoms with Gasteiger partial charge >= 0.3 is 0 Å². The second kappa shape index (κ2) is 4.75. The molecule has 1 aromatic heterocycles. The number of fused-ring (bicyclic) bond motifs is 1. The van der Waals surface area contributed by atoms with Gasteiger partial charge in [-0.1, -0.05) is 12.1 Å². The van der Waals surface area contributed by atoms with Crippen LogP contribution in [0.4, 0.5) is 4.39 Å². The minimum atomic E-state index is -0.305. The normalized spacial score (nSPS) is 11.1. The van der Waals surface area contributed by atoms with Gasteiger partial charge in [0.15, 0.2) is 0 Å². The molecule has 3 N–H and O–H groups in total. The highest BCUT2D eigenvalue weighted by atomic mass is 79.9. The first kappa shape index (κ1) is 12.3. The maximum Gasteiger partial charge on any atom is 0.139 e. The first-order valence-corrected chi connectivity index (χ1v) is 6.61. The monoisotopic (exact) mass is 319 g/mol. The molecule has 0 bridgehead atoms. The highest BCUT2D eigenvalue weighted by Crippen LogP contribution is 2.29. The number of nitrogens with one attached hydrogen (secondary N) is 1. The number of hydrogen-bond donors (Lipinski definition) is 2. The molecule has 0 unspecified atom stereocenters. The molecule has 0 amide bonds. The van der Waals surface area contributed by atoms with E-state index in [0.29, 0.717) is 22.4 Å². The van der Waals surface area contributed by atoms with Gasteiger partial charge < -0.3 is 10.7 Å². The molecule has 0 radical (unpaired) electrons. The molecule has 0 aliphatic rings. The van der Waals surface area contributed by atoms with E-state index >= 15 is 0 Å². The van der Waals surface area contributed by atoms with E-state index in [9.17, 15) is 4.39 Å². The number of imidazole rings is 1. The van der Waals surface area contributed by atoms with Crippen LogP contribution in [0.2, 0.25) is 0 Å². The topological polar surface area (TPSA) is 54.7 Å². The van der Waals surface area contributed by atoms with Crippen LogP contribution in [0, 0.1) is 5.82 Å². The van der Waals surface area contributed by atoms with Gasteiger partial charge in [-0.15, -0.1) is 0 Å². The first-order chi connectivity index (χ1) is 9.19. The van der Waals surface area contributed by atoms with Crippen molar-refractivity contribution in [1.29, 1.82) is 0 Å². The van der Waals surface area contributed by atoms with Gasteiger partial charge in [0.2, 0.25) is 0 Å². The summed E-state index contributed by atoms with van der Waals surface area (Å²) >= 11 is 3.25. The van der Waals surface area contributed by atoms with Crippen LogP contribution in [0.25, 0.3) is 22.4 Å². The third-order valence-corrected chi connectivity index (χ3v) is 3.79. The SMILES string of the molecule is NCc1ccc2nc(-c3cccc(F)c3Br)[nH]c2c1. The lowest BCUT2D eigenvalue weighted by Gasteiger charge is -2.00. The lowest BCUT2D eigenvalue weighted by molar-refractivity contribution is 0.621. The van der Waals surface area contributed by atoms with E-state index in [4.69, 9.17) is 5.73 Å². The molecule has 0 fully saturated rings. The zero-order valence-electron chi connectivity index (χ0n) is 9.95. The molecular formula is C14H11BrFN3. The molecule has 0 aliphatic carbocycles. The van der Waals surface area contributed by atoms with Gasteiger partial charge in [0.05, 0.1) is 15.5 Å². The number of nitrogens with two attached hydrogens (primary N) is 1. The van der Waals surface area contributed by atoms with Crippen molar-refractivity contribution in [3.8, 4) is 11.4 Å². The molecule has 0 spiro atoms. The molecule has 3 aromatic rings. The first-order valence-electron chi connectivity index (χ1n) is 5.82. The summed E-state index contributed by atoms with van der Waals surface area (Å²) in [6.07, 6.45) is 0. The smallest absolute Gasteiger partial charge is 0.139 e. The van der Waals surface area contributed by atoms with Crippen molar-refractivity contribution in [2.75, 3.05) is 0 Å². The van der Waals surface area contributed by atoms with Gasteiger partial charge in [-0.2, -0.15) is 0 Å². The van der Waals surface area contributed by atoms with Crippen LogP contribution in [0.1, 0.15) is 5.56 Å². The van der Waals surface area contributed by atoms with Gasteiger partial charge in [0, 0.05) is 12.1 Å². The van der Waals surface area contributed by atoms with E-state index in [1.165, 1.54) is 6.07 Å². The summed E-state index contributed by atoms with van der Waals surface area (Å²) in [7, 11) is 0. The van der Waals surface area contributed by atoms with E-state index in [2.05, 4.69) is 25.9 Å². The Kier molecular flexibility index (Phi) is 3.08. The van der Waals surface area contributed by atoms with Gasteiger partial charge in [0.1, 0.15) is 11.6 Å². The Morgan fingerprint density at radius 3 is 2.89 bits per heavy atom. The zero-order valence-corrected chi connectivity index (χ0v) is 11.5. The van der Waals surface area contributed by atoms with Crippen LogP contribution in [0.5, 0.6) is 0 Å². The number of hydrogen-bond acceptors (Lipinski definition) is 2. The molecule has 0 atom stereocenters. The van der Waals surface area contributed by atoms with Gasteiger partial charge in [0.25, 0.3) is 0 Å². The number of aromatic nitrogens is 2. The van der Waals surface area contributed by atoms with Crippen LogP contribution in [0.15, 0.2) is 40.9 Å². The van der Waals surface area contributed by atoms with Gasteiger partial charge in [-0.25, -0.2) is 9.37 Å². The predicted octanol–water partition coefficient (Wildman–Crippen LogP) is 3.59. The molecule has 19 heavy (non-hydrogen) atoms. The van der Waals surface area contributed by atoms with Crippen LogP contribution in [-0.4, -0.2) is 9.97 Å². The van der Waals surface area contributed by atoms with E-state index in [1.807, 2.05) is 24.3 Å². The molecule has 0 saturated heterocycles. The molecule has 5 heteroatoms. The molecule has 3 rings (SSSR count). The summed E-state index contributed by atoms with van der Waals surface area (Å²) in [5, 5.41) is 0. The average molecular weight is 320 g/mol. The van der Waals surface area contributed by atoms with Crippen LogP contribution in [-0.2, 0) is 6.54 Å². The third kappa shape index (κ3) is 2.15. The molecule has 2 aromatic carbocycles. The Bertz CT molecular complexity index is 752. The summed E-state index contributed by atoms with van der Waals surface area (Å²) in [4.78, 5) is 7.66. The third-order valence-electron chi connectivity index (χ3n) is 2.99. The van der Waals surface area contributed by atoms with Crippen molar-refractivity contribution in [3.05, 3.63) is 52.3 Å². The second-order valence-electron chi connectivity index (χ2n) is 4.24. The summed E-state index contributed by atoms with van der Waals surface area (Å²) < 4.78 is 13.9. The number of aromatic amines is 1. The summed E-state index contributed by atoms with van der Waals surface area (Å²) in [5.74, 6) is 0.330. The molecule has 1 heterocycles. The largest absolute Gasteiger partial charge is 0.338 e. The Balaban J connectivity index is 2.18. The van der Waals surface area contributed by atoms with Gasteiger partial charge in [-0.05, 0) is 45.8 Å². The highest BCUT2D eigenvalue weighted by molar-refractivity contribution is 9.10. The van der Waals surface area contributed by atoms with E-state index in [-0.39, 0.29) is 5.82 Å². The van der Waals surface area contributed by atoms with Crippen LogP contribution >= 0.6 is 15.9 Å². The minimum absolute atomic E-state index is 0.305. The Hall–Kier alpha value is -1.72. The fourth-order valence-electron chi connectivity index (χ4n) is 2.00. The van der Waals surface area contributed by atoms with Crippen LogP contribution in [0.3, 0.4) is 0 Å². The summed E-state index contributed by atoms with van der Waals surface area (Å²) in [6.45, 7) is 0.480. The molecule has 96 valence electrons. The molecule has 3 nitrogen and oxygen atoms in total. The van der Waals surface area contributed by atoms with E-state index in [0.717, 1.165) is 16.6 Å². The predicted molar refractivity (Wildman–Crippen MR) is 77.1 cm³/mol. The second-order valence-corrected chi connectivity index (χ2v) is 5.04.